The average molecular weight is 345 g/mol. The van der Waals surface area contributed by atoms with Crippen LogP contribution in [0, 0.1) is 5.82 Å². The minimum atomic E-state index is -3.93. The predicted octanol–water partition coefficient (Wildman–Crippen LogP) is 2.08. The number of methoxy groups -OCH3 is 1. The molecule has 0 bridgehead atoms. The van der Waals surface area contributed by atoms with Gasteiger partial charge >= 0.3 is 0 Å². The first-order chi connectivity index (χ1) is 10.3. The summed E-state index contributed by atoms with van der Waals surface area (Å²) in [5.74, 6) is -0.806. The SMILES string of the molecule is COc1ccc(S(=O)(=O)NCC(C)(O)c2cccs2)cc1F. The number of ether oxygens (including phenoxy) is 1. The molecule has 1 aromatic heterocycles. The zero-order valence-electron chi connectivity index (χ0n) is 12.0. The van der Waals surface area contributed by atoms with Crippen LogP contribution in [0.15, 0.2) is 40.6 Å². The normalized spacial score (nSPS) is 14.5. The Morgan fingerprint density at radius 3 is 2.68 bits per heavy atom. The second-order valence-corrected chi connectivity index (χ2v) is 7.59. The molecule has 0 aliphatic carbocycles. The van der Waals surface area contributed by atoms with Crippen molar-refractivity contribution in [3.8, 4) is 5.75 Å². The molecule has 2 N–H and O–H groups in total. The maximum absolute atomic E-state index is 13.6. The van der Waals surface area contributed by atoms with Gasteiger partial charge in [0.15, 0.2) is 11.6 Å². The number of nitrogens with one attached hydrogen (secondary N) is 1. The Hall–Kier alpha value is -1.48. The number of hydrogen-bond donors (Lipinski definition) is 2. The lowest BCUT2D eigenvalue weighted by Crippen LogP contribution is -2.38. The van der Waals surface area contributed by atoms with Crippen LogP contribution in [0.5, 0.6) is 5.75 Å². The van der Waals surface area contributed by atoms with Gasteiger partial charge in [-0.3, -0.25) is 0 Å². The summed E-state index contributed by atoms with van der Waals surface area (Å²) in [5, 5.41) is 12.1. The van der Waals surface area contributed by atoms with Crippen molar-refractivity contribution in [1.82, 2.24) is 4.72 Å². The second-order valence-electron chi connectivity index (χ2n) is 4.87. The predicted molar refractivity (Wildman–Crippen MR) is 82.0 cm³/mol. The summed E-state index contributed by atoms with van der Waals surface area (Å²) in [6, 6.07) is 6.83. The molecule has 0 aliphatic rings. The summed E-state index contributed by atoms with van der Waals surface area (Å²) >= 11 is 1.32. The number of rotatable bonds is 6. The topological polar surface area (TPSA) is 75.6 Å². The molecule has 0 fully saturated rings. The second kappa shape index (κ2) is 6.33. The molecule has 0 saturated carbocycles. The first kappa shape index (κ1) is 16.9. The van der Waals surface area contributed by atoms with E-state index in [0.717, 1.165) is 6.07 Å². The first-order valence-corrected chi connectivity index (χ1v) is 8.72. The summed E-state index contributed by atoms with van der Waals surface area (Å²) in [6.45, 7) is 1.29. The van der Waals surface area contributed by atoms with E-state index in [9.17, 15) is 17.9 Å². The molecule has 0 radical (unpaired) electrons. The van der Waals surface area contributed by atoms with Gasteiger partial charge in [-0.1, -0.05) is 6.07 Å². The van der Waals surface area contributed by atoms with E-state index in [2.05, 4.69) is 4.72 Å². The quantitative estimate of drug-likeness (QED) is 0.840. The minimum absolute atomic E-state index is 0.0375. The molecular formula is C14H16FNO4S2. The molecule has 1 aromatic carbocycles. The fourth-order valence-corrected chi connectivity index (χ4v) is 3.74. The van der Waals surface area contributed by atoms with Crippen LogP contribution in [-0.4, -0.2) is 27.2 Å². The Morgan fingerprint density at radius 1 is 1.41 bits per heavy atom. The van der Waals surface area contributed by atoms with Crippen molar-refractivity contribution < 1.29 is 22.7 Å². The van der Waals surface area contributed by atoms with Crippen molar-refractivity contribution in [1.29, 1.82) is 0 Å². The average Bonchev–Trinajstić information content (AvgIpc) is 3.00. The van der Waals surface area contributed by atoms with E-state index in [-0.39, 0.29) is 17.2 Å². The zero-order chi connectivity index (χ0) is 16.4. The molecule has 1 heterocycles. The van der Waals surface area contributed by atoms with Gasteiger partial charge in [-0.05, 0) is 36.6 Å². The molecule has 0 aliphatic heterocycles. The minimum Gasteiger partial charge on any atom is -0.494 e. The van der Waals surface area contributed by atoms with Crippen LogP contribution in [0.3, 0.4) is 0 Å². The highest BCUT2D eigenvalue weighted by molar-refractivity contribution is 7.89. The summed E-state index contributed by atoms with van der Waals surface area (Å²) in [6.07, 6.45) is 0. The van der Waals surface area contributed by atoms with E-state index < -0.39 is 21.4 Å². The molecule has 120 valence electrons. The maximum Gasteiger partial charge on any atom is 0.240 e. The van der Waals surface area contributed by atoms with Crippen LogP contribution in [-0.2, 0) is 15.6 Å². The van der Waals surface area contributed by atoms with Crippen LogP contribution in [0.2, 0.25) is 0 Å². The molecule has 0 spiro atoms. The van der Waals surface area contributed by atoms with E-state index in [1.807, 2.05) is 0 Å². The van der Waals surface area contributed by atoms with E-state index in [1.165, 1.54) is 37.5 Å². The Kier molecular flexibility index (Phi) is 4.86. The third kappa shape index (κ3) is 3.64. The van der Waals surface area contributed by atoms with Crippen molar-refractivity contribution in [3.63, 3.8) is 0 Å². The molecule has 2 aromatic rings. The van der Waals surface area contributed by atoms with Crippen molar-refractivity contribution in [2.45, 2.75) is 17.4 Å². The Morgan fingerprint density at radius 2 is 2.14 bits per heavy atom. The molecule has 1 atom stereocenters. The molecule has 5 nitrogen and oxygen atoms in total. The fourth-order valence-electron chi connectivity index (χ4n) is 1.81. The number of benzene rings is 1. The van der Waals surface area contributed by atoms with Crippen molar-refractivity contribution >= 4 is 21.4 Å². The summed E-state index contributed by atoms with van der Waals surface area (Å²) in [4.78, 5) is 0.406. The number of aliphatic hydroxyl groups is 1. The van der Waals surface area contributed by atoms with Crippen LogP contribution >= 0.6 is 11.3 Å². The van der Waals surface area contributed by atoms with Crippen molar-refractivity contribution in [2.75, 3.05) is 13.7 Å². The van der Waals surface area contributed by atoms with Crippen LogP contribution in [0.25, 0.3) is 0 Å². The highest BCUT2D eigenvalue weighted by Gasteiger charge is 2.27. The van der Waals surface area contributed by atoms with Gasteiger partial charge < -0.3 is 9.84 Å². The Balaban J connectivity index is 2.16. The largest absolute Gasteiger partial charge is 0.494 e. The lowest BCUT2D eigenvalue weighted by atomic mass is 10.1. The molecule has 0 saturated heterocycles. The lowest BCUT2D eigenvalue weighted by Gasteiger charge is -2.22. The molecule has 2 rings (SSSR count). The Labute approximate surface area is 132 Å². The molecule has 22 heavy (non-hydrogen) atoms. The number of halogens is 1. The van der Waals surface area contributed by atoms with E-state index in [0.29, 0.717) is 4.88 Å². The molecule has 0 amide bonds. The highest BCUT2D eigenvalue weighted by atomic mass is 32.2. The maximum atomic E-state index is 13.6. The van der Waals surface area contributed by atoms with Crippen molar-refractivity contribution in [3.05, 3.63) is 46.4 Å². The van der Waals surface area contributed by atoms with E-state index in [1.54, 1.807) is 17.5 Å². The lowest BCUT2D eigenvalue weighted by molar-refractivity contribution is 0.0666. The van der Waals surface area contributed by atoms with Gasteiger partial charge in [-0.2, -0.15) is 0 Å². The van der Waals surface area contributed by atoms with Crippen molar-refractivity contribution in [2.24, 2.45) is 0 Å². The smallest absolute Gasteiger partial charge is 0.240 e. The van der Waals surface area contributed by atoms with Crippen LogP contribution in [0.1, 0.15) is 11.8 Å². The summed E-state index contributed by atoms with van der Waals surface area (Å²) in [7, 11) is -2.64. The van der Waals surface area contributed by atoms with Gasteiger partial charge in [-0.25, -0.2) is 17.5 Å². The number of hydrogen-bond acceptors (Lipinski definition) is 5. The van der Waals surface area contributed by atoms with Gasteiger partial charge in [0.2, 0.25) is 10.0 Å². The van der Waals surface area contributed by atoms with Gasteiger partial charge in [-0.15, -0.1) is 11.3 Å². The number of sulfonamides is 1. The van der Waals surface area contributed by atoms with Crippen LogP contribution < -0.4 is 9.46 Å². The van der Waals surface area contributed by atoms with Gasteiger partial charge in [0.25, 0.3) is 0 Å². The number of thiophene rings is 1. The highest BCUT2D eigenvalue weighted by Crippen LogP contribution is 2.25. The zero-order valence-corrected chi connectivity index (χ0v) is 13.7. The summed E-state index contributed by atoms with van der Waals surface area (Å²) < 4.78 is 45.0. The molecule has 8 heteroatoms. The first-order valence-electron chi connectivity index (χ1n) is 6.36. The standard InChI is InChI=1S/C14H16FNO4S2/c1-14(17,13-4-3-7-21-13)9-16-22(18,19)10-5-6-12(20-2)11(15)8-10/h3-8,16-17H,9H2,1-2H3. The van der Waals surface area contributed by atoms with Gasteiger partial charge in [0.05, 0.1) is 12.0 Å². The van der Waals surface area contributed by atoms with Gasteiger partial charge in [0, 0.05) is 11.4 Å². The van der Waals surface area contributed by atoms with E-state index in [4.69, 9.17) is 4.74 Å². The summed E-state index contributed by atoms with van der Waals surface area (Å²) in [5.41, 5.74) is -1.34. The molecular weight excluding hydrogens is 329 g/mol. The van der Waals surface area contributed by atoms with E-state index >= 15 is 0 Å². The monoisotopic (exact) mass is 345 g/mol. The fraction of sp³-hybridized carbons (Fsp3) is 0.286. The molecule has 1 unspecified atom stereocenters. The van der Waals surface area contributed by atoms with Gasteiger partial charge in [0.1, 0.15) is 5.60 Å². The third-order valence-electron chi connectivity index (χ3n) is 3.09. The Bertz CT molecular complexity index is 742. The van der Waals surface area contributed by atoms with Crippen LogP contribution in [0.4, 0.5) is 4.39 Å². The third-order valence-corrected chi connectivity index (χ3v) is 5.61.